The predicted octanol–water partition coefficient (Wildman–Crippen LogP) is 3.94. The Morgan fingerprint density at radius 1 is 0.914 bits per heavy atom. The van der Waals surface area contributed by atoms with Gasteiger partial charge >= 0.3 is 5.97 Å². The smallest absolute Gasteiger partial charge is 0.326 e. The molecule has 0 unspecified atom stereocenters. The molecule has 0 saturated heterocycles. The van der Waals surface area contributed by atoms with Crippen LogP contribution in [0, 0.1) is 11.6 Å². The van der Waals surface area contributed by atoms with E-state index in [0.717, 1.165) is 11.1 Å². The van der Waals surface area contributed by atoms with Crippen LogP contribution >= 0.6 is 11.8 Å². The summed E-state index contributed by atoms with van der Waals surface area (Å²) in [6.45, 7) is -0.197. The van der Waals surface area contributed by atoms with Crippen molar-refractivity contribution in [2.75, 3.05) is 0 Å². The van der Waals surface area contributed by atoms with E-state index < -0.39 is 11.5 Å². The number of nitrogens with zero attached hydrogens (tertiary/aromatic N) is 4. The average molecular weight is 495 g/mol. The van der Waals surface area contributed by atoms with Gasteiger partial charge in [0.15, 0.2) is 5.16 Å². The van der Waals surface area contributed by atoms with Crippen molar-refractivity contribution in [2.24, 2.45) is 0 Å². The van der Waals surface area contributed by atoms with Crippen LogP contribution in [0.1, 0.15) is 22.3 Å². The van der Waals surface area contributed by atoms with E-state index in [1.54, 1.807) is 35.3 Å². The number of esters is 1. The third-order valence-electron chi connectivity index (χ3n) is 4.93. The minimum absolute atomic E-state index is 0.0149. The fourth-order valence-corrected chi connectivity index (χ4v) is 4.09. The Morgan fingerprint density at radius 3 is 2.20 bits per heavy atom. The second kappa shape index (κ2) is 11.5. The topological polar surface area (TPSA) is 87.0 Å². The van der Waals surface area contributed by atoms with Gasteiger partial charge in [0, 0.05) is 36.3 Å². The minimum atomic E-state index is -0.544. The van der Waals surface area contributed by atoms with Crippen LogP contribution in [0.15, 0.2) is 83.4 Å². The van der Waals surface area contributed by atoms with E-state index in [1.807, 2.05) is 0 Å². The molecule has 0 N–H and O–H groups in total. The van der Waals surface area contributed by atoms with Gasteiger partial charge in [0.1, 0.15) is 31.1 Å². The molecule has 0 bridgehead atoms. The van der Waals surface area contributed by atoms with Gasteiger partial charge in [0.05, 0.1) is 0 Å². The van der Waals surface area contributed by atoms with Crippen molar-refractivity contribution in [1.29, 1.82) is 0 Å². The molecule has 0 spiro atoms. The van der Waals surface area contributed by atoms with E-state index >= 15 is 0 Å². The third kappa shape index (κ3) is 7.03. The summed E-state index contributed by atoms with van der Waals surface area (Å²) < 4.78 is 33.2. The maximum absolute atomic E-state index is 13.2. The molecule has 2 heterocycles. The summed E-state index contributed by atoms with van der Waals surface area (Å²) in [5, 5.41) is 0.325. The van der Waals surface area contributed by atoms with Gasteiger partial charge < -0.3 is 9.30 Å². The van der Waals surface area contributed by atoms with Crippen LogP contribution in [0.25, 0.3) is 0 Å². The van der Waals surface area contributed by atoms with Crippen LogP contribution in [0.2, 0.25) is 0 Å². The van der Waals surface area contributed by atoms with Gasteiger partial charge in [-0.15, -0.1) is 0 Å². The molecule has 0 atom stereocenters. The van der Waals surface area contributed by atoms with Gasteiger partial charge in [0.25, 0.3) is 5.56 Å². The number of hydrogen-bond acceptors (Lipinski definition) is 7. The second-order valence-electron chi connectivity index (χ2n) is 7.61. The van der Waals surface area contributed by atoms with E-state index in [4.69, 9.17) is 4.74 Å². The molecule has 2 aromatic carbocycles. The van der Waals surface area contributed by atoms with Crippen molar-refractivity contribution < 1.29 is 18.3 Å². The van der Waals surface area contributed by atoms with Gasteiger partial charge in [-0.25, -0.2) is 18.7 Å². The maximum atomic E-state index is 13.2. The third-order valence-corrected chi connectivity index (χ3v) is 5.99. The van der Waals surface area contributed by atoms with Crippen molar-refractivity contribution in [3.63, 3.8) is 0 Å². The first-order chi connectivity index (χ1) is 17.0. The van der Waals surface area contributed by atoms with Crippen LogP contribution < -0.4 is 5.56 Å². The number of thioether (sulfide) groups is 1. The molecule has 0 radical (unpaired) electrons. The lowest BCUT2D eigenvalue weighted by Crippen LogP contribution is -2.23. The fraction of sp³-hybridized carbons (Fsp3) is 0.160. The van der Waals surface area contributed by atoms with Crippen molar-refractivity contribution >= 4 is 17.7 Å². The highest BCUT2D eigenvalue weighted by molar-refractivity contribution is 7.98. The van der Waals surface area contributed by atoms with Crippen LogP contribution in [0.5, 0.6) is 0 Å². The molecule has 4 aromatic rings. The number of halogens is 2. The lowest BCUT2D eigenvalue weighted by Gasteiger charge is -2.14. The Kier molecular flexibility index (Phi) is 7.94. The normalized spacial score (nSPS) is 10.8. The second-order valence-corrected chi connectivity index (χ2v) is 8.55. The van der Waals surface area contributed by atoms with Gasteiger partial charge in [-0.2, -0.15) is 4.98 Å². The molecule has 0 saturated carbocycles. The van der Waals surface area contributed by atoms with Gasteiger partial charge in [-0.05, 0) is 41.0 Å². The maximum Gasteiger partial charge on any atom is 0.326 e. The van der Waals surface area contributed by atoms with Crippen LogP contribution in [0.4, 0.5) is 8.78 Å². The first-order valence-electron chi connectivity index (χ1n) is 10.6. The zero-order chi connectivity index (χ0) is 24.6. The summed E-state index contributed by atoms with van der Waals surface area (Å²) in [7, 11) is 0. The summed E-state index contributed by atoms with van der Waals surface area (Å²) >= 11 is 1.25. The van der Waals surface area contributed by atoms with Gasteiger partial charge in [-0.3, -0.25) is 9.59 Å². The molecule has 0 amide bonds. The zero-order valence-electron chi connectivity index (χ0n) is 18.4. The van der Waals surface area contributed by atoms with E-state index in [0.29, 0.717) is 22.0 Å². The predicted molar refractivity (Wildman–Crippen MR) is 125 cm³/mol. The molecule has 0 aliphatic rings. The first-order valence-corrected chi connectivity index (χ1v) is 11.6. The zero-order valence-corrected chi connectivity index (χ0v) is 19.3. The highest BCUT2D eigenvalue weighted by Gasteiger charge is 2.14. The molecule has 10 heteroatoms. The number of rotatable bonds is 9. The van der Waals surface area contributed by atoms with E-state index in [-0.39, 0.29) is 31.2 Å². The molecule has 0 aliphatic carbocycles. The minimum Gasteiger partial charge on any atom is -0.459 e. The van der Waals surface area contributed by atoms with Crippen LogP contribution in [-0.4, -0.2) is 25.5 Å². The number of carbonyl (C=O) groups excluding carboxylic acids is 1. The number of aromatic nitrogens is 4. The average Bonchev–Trinajstić information content (AvgIpc) is 2.86. The lowest BCUT2D eigenvalue weighted by atomic mass is 10.1. The summed E-state index contributed by atoms with van der Waals surface area (Å²) in [5.41, 5.74) is 2.15. The summed E-state index contributed by atoms with van der Waals surface area (Å²) in [6, 6.07) is 11.7. The quantitative estimate of drug-likeness (QED) is 0.198. The van der Waals surface area contributed by atoms with Crippen molar-refractivity contribution in [1.82, 2.24) is 19.5 Å². The largest absolute Gasteiger partial charge is 0.459 e. The molecule has 7 nitrogen and oxygen atoms in total. The summed E-state index contributed by atoms with van der Waals surface area (Å²) in [5.74, 6) is -0.841. The highest BCUT2D eigenvalue weighted by Crippen LogP contribution is 2.21. The molecular weight excluding hydrogens is 474 g/mol. The Hall–Kier alpha value is -3.92. The van der Waals surface area contributed by atoms with Crippen molar-refractivity contribution in [2.45, 2.75) is 30.5 Å². The molecule has 0 aliphatic heterocycles. The molecule has 35 heavy (non-hydrogen) atoms. The van der Waals surface area contributed by atoms with Crippen molar-refractivity contribution in [3.05, 3.63) is 118 Å². The Balaban J connectivity index is 1.53. The van der Waals surface area contributed by atoms with E-state index in [1.165, 1.54) is 54.5 Å². The number of carbonyl (C=O) groups is 1. The fourth-order valence-electron chi connectivity index (χ4n) is 3.17. The monoisotopic (exact) mass is 494 g/mol. The van der Waals surface area contributed by atoms with Gasteiger partial charge in [0.2, 0.25) is 0 Å². The molecule has 0 fully saturated rings. The molecular formula is C25H20F2N4O3S. The summed E-state index contributed by atoms with van der Waals surface area (Å²) in [6.07, 6.45) is 6.43. The SMILES string of the molecule is O=C(Cn1cc(Cc2cncnc2)c(=O)nc1SCc1ccc(F)cc1)OCc1ccc(F)cc1. The van der Waals surface area contributed by atoms with Crippen LogP contribution in [0.3, 0.4) is 0 Å². The highest BCUT2D eigenvalue weighted by atomic mass is 32.2. The Bertz CT molecular complexity index is 1350. The molecule has 2 aromatic heterocycles. The van der Waals surface area contributed by atoms with Crippen molar-refractivity contribution in [3.8, 4) is 0 Å². The number of ether oxygens (including phenoxy) is 1. The van der Waals surface area contributed by atoms with E-state index in [2.05, 4.69) is 15.0 Å². The Labute approximate surface area is 203 Å². The Morgan fingerprint density at radius 2 is 1.54 bits per heavy atom. The lowest BCUT2D eigenvalue weighted by molar-refractivity contribution is -0.145. The standard InChI is InChI=1S/C25H20F2N4O3S/c26-21-5-1-17(2-6-21)14-34-23(32)13-31-12-20(9-19-10-28-16-29-11-19)24(33)30-25(31)35-15-18-3-7-22(27)8-4-18/h1-8,10-12,16H,9,13-15H2. The number of hydrogen-bond donors (Lipinski definition) is 0. The van der Waals surface area contributed by atoms with Gasteiger partial charge in [-0.1, -0.05) is 36.0 Å². The summed E-state index contributed by atoms with van der Waals surface area (Å²) in [4.78, 5) is 37.4. The van der Waals surface area contributed by atoms with E-state index in [9.17, 15) is 18.4 Å². The molecule has 4 rings (SSSR count). The van der Waals surface area contributed by atoms with Crippen LogP contribution in [-0.2, 0) is 34.9 Å². The number of benzene rings is 2. The molecule has 178 valence electrons. The first kappa shape index (κ1) is 24.2.